The number of nitrogens with zero attached hydrogens (tertiary/aromatic N) is 3. The summed E-state index contributed by atoms with van der Waals surface area (Å²) in [6.45, 7) is 0.643. The second-order valence-electron chi connectivity index (χ2n) is 4.35. The van der Waals surface area contributed by atoms with Crippen LogP contribution in [0.5, 0.6) is 5.88 Å². The largest absolute Gasteiger partial charge is 0.481 e. The van der Waals surface area contributed by atoms with Crippen molar-refractivity contribution >= 4 is 33.3 Å². The van der Waals surface area contributed by atoms with E-state index in [0.29, 0.717) is 18.4 Å². The summed E-state index contributed by atoms with van der Waals surface area (Å²) in [5.74, 6) is 2.04. The van der Waals surface area contributed by atoms with Gasteiger partial charge in [-0.3, -0.25) is 0 Å². The normalized spacial score (nSPS) is 10.6. The van der Waals surface area contributed by atoms with E-state index in [1.54, 1.807) is 24.6 Å². The fraction of sp³-hybridized carbons (Fsp3) is 0.214. The molecular formula is C14H15N5OS. The molecule has 3 aromatic rings. The minimum Gasteiger partial charge on any atom is -0.481 e. The summed E-state index contributed by atoms with van der Waals surface area (Å²) in [6, 6.07) is 5.87. The molecular weight excluding hydrogens is 286 g/mol. The molecule has 0 aliphatic heterocycles. The molecule has 3 heterocycles. The second-order valence-corrected chi connectivity index (χ2v) is 5.24. The van der Waals surface area contributed by atoms with E-state index in [-0.39, 0.29) is 0 Å². The Morgan fingerprint density at radius 1 is 1.29 bits per heavy atom. The predicted molar refractivity (Wildman–Crippen MR) is 85.1 cm³/mol. The molecule has 0 aromatic carbocycles. The molecule has 2 N–H and O–H groups in total. The Bertz CT molecular complexity index is 758. The zero-order chi connectivity index (χ0) is 14.7. The van der Waals surface area contributed by atoms with Crippen LogP contribution in [0.15, 0.2) is 29.8 Å². The van der Waals surface area contributed by atoms with Gasteiger partial charge in [0, 0.05) is 25.9 Å². The van der Waals surface area contributed by atoms with Gasteiger partial charge in [-0.1, -0.05) is 0 Å². The standard InChI is InChI=1S/C14H15N5OS/c1-15-14-18-12(10-4-6-21-13(10)19-14)17-8-9-3-5-16-11(7-9)20-2/h3-7H,8H2,1-2H3,(H2,15,17,18,19). The summed E-state index contributed by atoms with van der Waals surface area (Å²) < 4.78 is 5.13. The van der Waals surface area contributed by atoms with E-state index in [9.17, 15) is 0 Å². The second kappa shape index (κ2) is 5.92. The Hall–Kier alpha value is -2.41. The number of thiophene rings is 1. The summed E-state index contributed by atoms with van der Waals surface area (Å²) in [5.41, 5.74) is 1.08. The molecule has 0 saturated heterocycles. The average Bonchev–Trinajstić information content (AvgIpc) is 3.01. The lowest BCUT2D eigenvalue weighted by atomic mass is 10.2. The Morgan fingerprint density at radius 3 is 3.00 bits per heavy atom. The molecule has 6 nitrogen and oxygen atoms in total. The average molecular weight is 301 g/mol. The molecule has 0 aliphatic rings. The van der Waals surface area contributed by atoms with Crippen molar-refractivity contribution in [3.63, 3.8) is 0 Å². The van der Waals surface area contributed by atoms with Gasteiger partial charge in [-0.2, -0.15) is 4.98 Å². The predicted octanol–water partition coefficient (Wildman–Crippen LogP) is 2.75. The van der Waals surface area contributed by atoms with Crippen LogP contribution in [0.2, 0.25) is 0 Å². The third-order valence-electron chi connectivity index (χ3n) is 3.02. The molecule has 3 aromatic heterocycles. The van der Waals surface area contributed by atoms with Crippen molar-refractivity contribution in [2.45, 2.75) is 6.54 Å². The molecule has 0 saturated carbocycles. The summed E-state index contributed by atoms with van der Waals surface area (Å²) in [5, 5.41) is 9.37. The number of methoxy groups -OCH3 is 1. The fourth-order valence-corrected chi connectivity index (χ4v) is 2.72. The lowest BCUT2D eigenvalue weighted by molar-refractivity contribution is 0.397. The third kappa shape index (κ3) is 2.87. The smallest absolute Gasteiger partial charge is 0.225 e. The van der Waals surface area contributed by atoms with Crippen LogP contribution >= 0.6 is 11.3 Å². The lowest BCUT2D eigenvalue weighted by Crippen LogP contribution is -2.05. The van der Waals surface area contributed by atoms with Crippen molar-refractivity contribution in [2.75, 3.05) is 24.8 Å². The molecule has 7 heteroatoms. The molecule has 108 valence electrons. The van der Waals surface area contributed by atoms with E-state index in [4.69, 9.17) is 4.74 Å². The van der Waals surface area contributed by atoms with Crippen molar-refractivity contribution < 1.29 is 4.74 Å². The number of aromatic nitrogens is 3. The van der Waals surface area contributed by atoms with Crippen LogP contribution in [-0.2, 0) is 6.54 Å². The Labute approximate surface area is 126 Å². The number of nitrogens with one attached hydrogen (secondary N) is 2. The minimum absolute atomic E-state index is 0.605. The SMILES string of the molecule is CNc1nc(NCc2ccnc(OC)c2)c2ccsc2n1. The van der Waals surface area contributed by atoms with Crippen LogP contribution in [0, 0.1) is 0 Å². The maximum absolute atomic E-state index is 5.13. The van der Waals surface area contributed by atoms with E-state index in [2.05, 4.69) is 25.6 Å². The highest BCUT2D eigenvalue weighted by molar-refractivity contribution is 7.16. The van der Waals surface area contributed by atoms with Crippen molar-refractivity contribution in [1.29, 1.82) is 0 Å². The number of hydrogen-bond acceptors (Lipinski definition) is 7. The van der Waals surface area contributed by atoms with E-state index in [0.717, 1.165) is 21.6 Å². The van der Waals surface area contributed by atoms with E-state index in [1.165, 1.54) is 0 Å². The van der Waals surface area contributed by atoms with E-state index in [1.807, 2.05) is 30.6 Å². The van der Waals surface area contributed by atoms with Gasteiger partial charge in [0.1, 0.15) is 10.6 Å². The number of fused-ring (bicyclic) bond motifs is 1. The third-order valence-corrected chi connectivity index (χ3v) is 3.82. The van der Waals surface area contributed by atoms with E-state index < -0.39 is 0 Å². The molecule has 0 amide bonds. The van der Waals surface area contributed by atoms with Crippen LogP contribution in [0.25, 0.3) is 10.2 Å². The van der Waals surface area contributed by atoms with Gasteiger partial charge in [-0.15, -0.1) is 11.3 Å². The molecule has 0 aliphatic carbocycles. The maximum atomic E-state index is 5.13. The Morgan fingerprint density at radius 2 is 2.19 bits per heavy atom. The van der Waals surface area contributed by atoms with Crippen LogP contribution < -0.4 is 15.4 Å². The molecule has 21 heavy (non-hydrogen) atoms. The van der Waals surface area contributed by atoms with Crippen molar-refractivity contribution in [1.82, 2.24) is 15.0 Å². The molecule has 0 spiro atoms. The molecule has 0 bridgehead atoms. The van der Waals surface area contributed by atoms with Gasteiger partial charge in [0.25, 0.3) is 0 Å². The van der Waals surface area contributed by atoms with Gasteiger partial charge >= 0.3 is 0 Å². The summed E-state index contributed by atoms with van der Waals surface area (Å²) in [7, 11) is 3.42. The number of pyridine rings is 1. The first-order valence-electron chi connectivity index (χ1n) is 6.46. The summed E-state index contributed by atoms with van der Waals surface area (Å²) in [6.07, 6.45) is 1.73. The first-order valence-corrected chi connectivity index (χ1v) is 7.34. The number of anilines is 2. The summed E-state index contributed by atoms with van der Waals surface area (Å²) in [4.78, 5) is 14.0. The molecule has 3 rings (SSSR count). The molecule has 0 unspecified atom stereocenters. The quantitative estimate of drug-likeness (QED) is 0.755. The fourth-order valence-electron chi connectivity index (χ4n) is 1.96. The lowest BCUT2D eigenvalue weighted by Gasteiger charge is -2.09. The highest BCUT2D eigenvalue weighted by Crippen LogP contribution is 2.26. The van der Waals surface area contributed by atoms with Crippen molar-refractivity contribution in [3.05, 3.63) is 35.3 Å². The highest BCUT2D eigenvalue weighted by Gasteiger charge is 2.08. The van der Waals surface area contributed by atoms with Gasteiger partial charge in [-0.05, 0) is 23.1 Å². The van der Waals surface area contributed by atoms with E-state index >= 15 is 0 Å². The Kier molecular flexibility index (Phi) is 3.83. The maximum Gasteiger partial charge on any atom is 0.225 e. The zero-order valence-corrected chi connectivity index (χ0v) is 12.6. The zero-order valence-electron chi connectivity index (χ0n) is 11.8. The van der Waals surface area contributed by atoms with Gasteiger partial charge in [-0.25, -0.2) is 9.97 Å². The van der Waals surface area contributed by atoms with Crippen LogP contribution in [0.3, 0.4) is 0 Å². The number of hydrogen-bond donors (Lipinski definition) is 2. The van der Waals surface area contributed by atoms with Crippen molar-refractivity contribution in [3.8, 4) is 5.88 Å². The number of rotatable bonds is 5. The first-order chi connectivity index (χ1) is 10.3. The topological polar surface area (TPSA) is 72.0 Å². The molecule has 0 radical (unpaired) electrons. The highest BCUT2D eigenvalue weighted by atomic mass is 32.1. The van der Waals surface area contributed by atoms with Gasteiger partial charge in [0.05, 0.1) is 12.5 Å². The van der Waals surface area contributed by atoms with Gasteiger partial charge < -0.3 is 15.4 Å². The summed E-state index contributed by atoms with van der Waals surface area (Å²) >= 11 is 1.60. The number of ether oxygens (including phenoxy) is 1. The van der Waals surface area contributed by atoms with Crippen molar-refractivity contribution in [2.24, 2.45) is 0 Å². The van der Waals surface area contributed by atoms with Crippen LogP contribution in [0.1, 0.15) is 5.56 Å². The first kappa shape index (κ1) is 13.6. The van der Waals surface area contributed by atoms with Gasteiger partial charge in [0.15, 0.2) is 0 Å². The molecule has 0 atom stereocenters. The minimum atomic E-state index is 0.605. The van der Waals surface area contributed by atoms with Crippen LogP contribution in [-0.4, -0.2) is 29.1 Å². The van der Waals surface area contributed by atoms with Crippen LogP contribution in [0.4, 0.5) is 11.8 Å². The molecule has 0 fully saturated rings. The Balaban J connectivity index is 1.85. The van der Waals surface area contributed by atoms with Gasteiger partial charge in [0.2, 0.25) is 11.8 Å². The monoisotopic (exact) mass is 301 g/mol.